The number of rotatable bonds is 5. The van der Waals surface area contributed by atoms with Crippen LogP contribution < -0.4 is 4.74 Å². The van der Waals surface area contributed by atoms with Gasteiger partial charge < -0.3 is 14.3 Å². The second-order valence-electron chi connectivity index (χ2n) is 7.70. The molecule has 6 heteroatoms. The van der Waals surface area contributed by atoms with E-state index in [0.717, 1.165) is 48.2 Å². The summed E-state index contributed by atoms with van der Waals surface area (Å²) in [6.45, 7) is 0. The fourth-order valence-corrected chi connectivity index (χ4v) is 4.38. The van der Waals surface area contributed by atoms with Crippen molar-refractivity contribution in [3.05, 3.63) is 88.3 Å². The van der Waals surface area contributed by atoms with Gasteiger partial charge in [0.15, 0.2) is 5.76 Å². The smallest absolute Gasteiger partial charge is 0.371 e. The Morgan fingerprint density at radius 2 is 2.10 bits per heavy atom. The van der Waals surface area contributed by atoms with E-state index < -0.39 is 5.97 Å². The maximum Gasteiger partial charge on any atom is 0.371 e. The van der Waals surface area contributed by atoms with Gasteiger partial charge >= 0.3 is 5.97 Å². The third-order valence-corrected chi connectivity index (χ3v) is 5.70. The molecule has 1 saturated carbocycles. The minimum atomic E-state index is -1.15. The fraction of sp³-hybridized carbons (Fsp3) is 0.250. The van der Waals surface area contributed by atoms with E-state index in [1.807, 2.05) is 12.1 Å². The van der Waals surface area contributed by atoms with Crippen LogP contribution in [-0.4, -0.2) is 16.8 Å². The molecule has 2 aromatic rings. The van der Waals surface area contributed by atoms with E-state index in [2.05, 4.69) is 6.08 Å². The van der Waals surface area contributed by atoms with Crippen LogP contribution in [0.25, 0.3) is 0 Å². The predicted molar refractivity (Wildman–Crippen MR) is 109 cm³/mol. The van der Waals surface area contributed by atoms with Gasteiger partial charge in [0.05, 0.1) is 0 Å². The van der Waals surface area contributed by atoms with E-state index in [4.69, 9.17) is 19.3 Å². The number of nitrogens with zero attached hydrogens (tertiary/aromatic N) is 1. The molecule has 0 saturated heterocycles. The Labute approximate surface area is 172 Å². The van der Waals surface area contributed by atoms with Crippen LogP contribution in [-0.2, 0) is 6.42 Å². The number of benzene rings is 1. The van der Waals surface area contributed by atoms with Crippen LogP contribution in [0.3, 0.4) is 0 Å². The molecule has 0 radical (unpaired) electrons. The SMILES string of the molecule is O=C(O)c1ccc(OC2=C3N=C4CCCCC4=C3C(Cc3cccc(F)c3)C=C2)o1. The summed E-state index contributed by atoms with van der Waals surface area (Å²) < 4.78 is 24.8. The maximum atomic E-state index is 13.7. The zero-order chi connectivity index (χ0) is 20.7. The van der Waals surface area contributed by atoms with Crippen LogP contribution in [0, 0.1) is 11.7 Å². The maximum absolute atomic E-state index is 13.7. The Balaban J connectivity index is 1.50. The Kier molecular flexibility index (Phi) is 4.62. The molecular formula is C24H20FNO4. The molecule has 3 aliphatic rings. The van der Waals surface area contributed by atoms with Crippen molar-refractivity contribution in [3.63, 3.8) is 0 Å². The van der Waals surface area contributed by atoms with E-state index in [0.29, 0.717) is 12.2 Å². The number of carboxylic acid groups (broad SMARTS) is 1. The van der Waals surface area contributed by atoms with Gasteiger partial charge in [-0.1, -0.05) is 18.2 Å². The van der Waals surface area contributed by atoms with Gasteiger partial charge in [0.1, 0.15) is 11.5 Å². The lowest BCUT2D eigenvalue weighted by Crippen LogP contribution is -2.15. The van der Waals surface area contributed by atoms with Crippen molar-refractivity contribution >= 4 is 11.7 Å². The lowest BCUT2D eigenvalue weighted by molar-refractivity contribution is 0.0656. The number of hydrogen-bond donors (Lipinski definition) is 1. The molecule has 30 heavy (non-hydrogen) atoms. The summed E-state index contributed by atoms with van der Waals surface area (Å²) in [7, 11) is 0. The molecule has 1 N–H and O–H groups in total. The molecule has 1 aliphatic heterocycles. The third-order valence-electron chi connectivity index (χ3n) is 5.70. The minimum absolute atomic E-state index is 0.0784. The standard InChI is InChI=1S/C24H20FNO4/c25-16-5-3-4-14(13-16)12-15-8-9-19(29-21-11-10-20(30-21)24(27)28)23-22(15)17-6-1-2-7-18(17)26-23/h3-5,8-11,13,15H,1-2,6-7,12H2,(H,27,28). The molecule has 5 nitrogen and oxygen atoms in total. The van der Waals surface area contributed by atoms with Crippen LogP contribution >= 0.6 is 0 Å². The van der Waals surface area contributed by atoms with E-state index in [1.54, 1.807) is 12.1 Å². The lowest BCUT2D eigenvalue weighted by atomic mass is 9.81. The normalized spacial score (nSPS) is 20.2. The Bertz CT molecular complexity index is 1150. The largest absolute Gasteiger partial charge is 0.475 e. The summed E-state index contributed by atoms with van der Waals surface area (Å²) in [6.07, 6.45) is 8.73. The summed E-state index contributed by atoms with van der Waals surface area (Å²) in [5, 5.41) is 9.06. The number of halogens is 1. The number of carboxylic acids is 1. The van der Waals surface area contributed by atoms with Gasteiger partial charge in [0.2, 0.25) is 5.76 Å². The fourth-order valence-electron chi connectivity index (χ4n) is 4.38. The van der Waals surface area contributed by atoms with Crippen LogP contribution in [0.1, 0.15) is 41.8 Å². The zero-order valence-corrected chi connectivity index (χ0v) is 16.2. The zero-order valence-electron chi connectivity index (χ0n) is 16.2. The van der Waals surface area contributed by atoms with E-state index >= 15 is 0 Å². The molecule has 2 heterocycles. The van der Waals surface area contributed by atoms with Gasteiger partial charge in [-0.25, -0.2) is 14.2 Å². The predicted octanol–water partition coefficient (Wildman–Crippen LogP) is 5.46. The highest BCUT2D eigenvalue weighted by Gasteiger charge is 2.34. The molecule has 152 valence electrons. The number of allylic oxidation sites excluding steroid dienone is 4. The van der Waals surface area contributed by atoms with Crippen molar-refractivity contribution in [2.75, 3.05) is 0 Å². The molecule has 2 aliphatic carbocycles. The highest BCUT2D eigenvalue weighted by Crippen LogP contribution is 2.43. The number of furan rings is 1. The van der Waals surface area contributed by atoms with E-state index in [1.165, 1.54) is 23.8 Å². The van der Waals surface area contributed by atoms with Crippen LogP contribution in [0.4, 0.5) is 4.39 Å². The summed E-state index contributed by atoms with van der Waals surface area (Å²) in [5.41, 5.74) is 5.22. The highest BCUT2D eigenvalue weighted by atomic mass is 19.1. The second-order valence-corrected chi connectivity index (χ2v) is 7.70. The van der Waals surface area contributed by atoms with Crippen molar-refractivity contribution in [1.29, 1.82) is 0 Å². The first-order valence-electron chi connectivity index (χ1n) is 10.1. The molecule has 1 aromatic heterocycles. The lowest BCUT2D eigenvalue weighted by Gasteiger charge is -2.24. The quantitative estimate of drug-likeness (QED) is 0.717. The topological polar surface area (TPSA) is 72.0 Å². The van der Waals surface area contributed by atoms with Gasteiger partial charge in [-0.3, -0.25) is 0 Å². The van der Waals surface area contributed by atoms with Crippen LogP contribution in [0.5, 0.6) is 5.95 Å². The molecule has 0 amide bonds. The van der Waals surface area contributed by atoms with Crippen molar-refractivity contribution in [2.45, 2.75) is 32.1 Å². The van der Waals surface area contributed by atoms with Gasteiger partial charge in [0, 0.05) is 17.7 Å². The average Bonchev–Trinajstić information content (AvgIpc) is 3.35. The van der Waals surface area contributed by atoms with E-state index in [-0.39, 0.29) is 23.4 Å². The van der Waals surface area contributed by atoms with Gasteiger partial charge in [-0.2, -0.15) is 0 Å². The molecule has 0 bridgehead atoms. The Morgan fingerprint density at radius 1 is 1.23 bits per heavy atom. The Hall–Kier alpha value is -3.41. The monoisotopic (exact) mass is 405 g/mol. The van der Waals surface area contributed by atoms with Crippen LogP contribution in [0.2, 0.25) is 0 Å². The van der Waals surface area contributed by atoms with Crippen molar-refractivity contribution < 1.29 is 23.4 Å². The minimum Gasteiger partial charge on any atom is -0.475 e. The highest BCUT2D eigenvalue weighted by molar-refractivity contribution is 6.05. The number of carbonyl (C=O) groups is 1. The molecule has 1 unspecified atom stereocenters. The summed E-state index contributed by atoms with van der Waals surface area (Å²) in [5.74, 6) is -0.827. The first-order chi connectivity index (χ1) is 14.6. The van der Waals surface area contributed by atoms with Crippen molar-refractivity contribution in [3.8, 4) is 5.95 Å². The van der Waals surface area contributed by atoms with Gasteiger partial charge in [-0.15, -0.1) is 0 Å². The van der Waals surface area contributed by atoms with Gasteiger partial charge in [0.25, 0.3) is 5.95 Å². The van der Waals surface area contributed by atoms with Crippen molar-refractivity contribution in [2.24, 2.45) is 10.9 Å². The van der Waals surface area contributed by atoms with Gasteiger partial charge in [-0.05, 0) is 73.1 Å². The Morgan fingerprint density at radius 3 is 2.90 bits per heavy atom. The van der Waals surface area contributed by atoms with E-state index in [9.17, 15) is 9.18 Å². The first-order valence-corrected chi connectivity index (χ1v) is 10.1. The summed E-state index contributed by atoms with van der Waals surface area (Å²) >= 11 is 0. The summed E-state index contributed by atoms with van der Waals surface area (Å²) in [4.78, 5) is 15.9. The number of ether oxygens (including phenoxy) is 1. The number of aromatic carboxylic acids is 1. The molecular weight excluding hydrogens is 385 g/mol. The number of hydrogen-bond acceptors (Lipinski definition) is 4. The number of fused-ring (bicyclic) bond motifs is 2. The molecule has 1 aromatic carbocycles. The molecule has 1 fully saturated rings. The first kappa shape index (κ1) is 18.6. The molecule has 0 spiro atoms. The average molecular weight is 405 g/mol. The molecule has 1 atom stereocenters. The number of aliphatic imine (C=N–C) groups is 1. The second kappa shape index (κ2) is 7.44. The molecule has 5 rings (SSSR count). The summed E-state index contributed by atoms with van der Waals surface area (Å²) in [6, 6.07) is 9.54. The van der Waals surface area contributed by atoms with Crippen molar-refractivity contribution in [1.82, 2.24) is 0 Å². The van der Waals surface area contributed by atoms with Crippen LogP contribution in [0.15, 0.2) is 80.6 Å². The third kappa shape index (κ3) is 3.38.